The SMILES string of the molecule is O=C(NC[C@H]1CC12CCN(Cc1nccs1)CC2)C1CCC1. The first kappa shape index (κ1) is 14.6. The number of likely N-dealkylation sites (tertiary alicyclic amines) is 1. The Bertz CT molecular complexity index is 518. The van der Waals surface area contributed by atoms with Gasteiger partial charge in [0.2, 0.25) is 5.91 Å². The minimum atomic E-state index is 0.314. The van der Waals surface area contributed by atoms with Crippen LogP contribution in [-0.2, 0) is 11.3 Å². The molecular weight excluding hydrogens is 294 g/mol. The van der Waals surface area contributed by atoms with Gasteiger partial charge < -0.3 is 5.32 Å². The fourth-order valence-electron chi connectivity index (χ4n) is 4.05. The monoisotopic (exact) mass is 319 g/mol. The lowest BCUT2D eigenvalue weighted by Gasteiger charge is -2.32. The van der Waals surface area contributed by atoms with E-state index in [-0.39, 0.29) is 0 Å². The molecule has 1 spiro atoms. The van der Waals surface area contributed by atoms with E-state index < -0.39 is 0 Å². The quantitative estimate of drug-likeness (QED) is 0.907. The first-order valence-corrected chi connectivity index (χ1v) is 9.52. The maximum Gasteiger partial charge on any atom is 0.223 e. The molecule has 1 aromatic rings. The maximum absolute atomic E-state index is 11.9. The molecule has 1 amide bonds. The van der Waals surface area contributed by atoms with E-state index in [2.05, 4.69) is 20.6 Å². The molecule has 0 unspecified atom stereocenters. The first-order chi connectivity index (χ1) is 10.8. The molecule has 1 aliphatic heterocycles. The lowest BCUT2D eigenvalue weighted by atomic mass is 9.84. The van der Waals surface area contributed by atoms with Crippen molar-refractivity contribution in [1.29, 1.82) is 0 Å². The summed E-state index contributed by atoms with van der Waals surface area (Å²) in [6, 6.07) is 0. The van der Waals surface area contributed by atoms with Crippen LogP contribution in [0.1, 0.15) is 43.5 Å². The van der Waals surface area contributed by atoms with Crippen molar-refractivity contribution in [3.8, 4) is 0 Å². The van der Waals surface area contributed by atoms with E-state index in [1.807, 2.05) is 6.20 Å². The third-order valence-electron chi connectivity index (χ3n) is 6.05. The highest BCUT2D eigenvalue weighted by atomic mass is 32.1. The van der Waals surface area contributed by atoms with Crippen molar-refractivity contribution in [1.82, 2.24) is 15.2 Å². The Hall–Kier alpha value is -0.940. The number of aromatic nitrogens is 1. The molecule has 0 aromatic carbocycles. The second kappa shape index (κ2) is 5.93. The third-order valence-corrected chi connectivity index (χ3v) is 6.82. The minimum Gasteiger partial charge on any atom is -0.356 e. The predicted octanol–water partition coefficient (Wildman–Crippen LogP) is 2.66. The first-order valence-electron chi connectivity index (χ1n) is 8.64. The Morgan fingerprint density at radius 1 is 1.41 bits per heavy atom. The van der Waals surface area contributed by atoms with Crippen LogP contribution < -0.4 is 5.32 Å². The average molecular weight is 319 g/mol. The number of carbonyl (C=O) groups is 1. The molecule has 2 saturated carbocycles. The Balaban J connectivity index is 1.20. The van der Waals surface area contributed by atoms with Crippen LogP contribution in [0.4, 0.5) is 0 Å². The summed E-state index contributed by atoms with van der Waals surface area (Å²) >= 11 is 1.75. The second-order valence-electron chi connectivity index (χ2n) is 7.34. The molecule has 22 heavy (non-hydrogen) atoms. The van der Waals surface area contributed by atoms with Gasteiger partial charge in [0.05, 0.1) is 6.54 Å². The summed E-state index contributed by atoms with van der Waals surface area (Å²) in [5.41, 5.74) is 0.548. The summed E-state index contributed by atoms with van der Waals surface area (Å²) in [7, 11) is 0. The number of thiazole rings is 1. The van der Waals surface area contributed by atoms with Gasteiger partial charge in [-0.05, 0) is 56.5 Å². The number of amides is 1. The molecule has 1 aromatic heterocycles. The summed E-state index contributed by atoms with van der Waals surface area (Å²) in [6.07, 6.45) is 9.25. The van der Waals surface area contributed by atoms with Gasteiger partial charge in [0.15, 0.2) is 0 Å². The highest BCUT2D eigenvalue weighted by molar-refractivity contribution is 7.09. The van der Waals surface area contributed by atoms with Crippen LogP contribution >= 0.6 is 11.3 Å². The van der Waals surface area contributed by atoms with Crippen molar-refractivity contribution in [3.63, 3.8) is 0 Å². The van der Waals surface area contributed by atoms with Crippen molar-refractivity contribution in [2.45, 2.75) is 45.1 Å². The predicted molar refractivity (Wildman–Crippen MR) is 87.5 cm³/mol. The number of rotatable bonds is 5. The standard InChI is InChI=1S/C17H25N3OS/c21-16(13-2-1-3-13)19-11-14-10-17(14)4-7-20(8-5-17)12-15-18-6-9-22-15/h6,9,13-14H,1-5,7-8,10-12H2,(H,19,21)/t14-/m1/s1. The summed E-state index contributed by atoms with van der Waals surface area (Å²) in [6.45, 7) is 4.30. The van der Waals surface area contributed by atoms with Crippen LogP contribution in [0.2, 0.25) is 0 Å². The zero-order chi connectivity index (χ0) is 15.0. The summed E-state index contributed by atoms with van der Waals surface area (Å²) in [4.78, 5) is 18.9. The van der Waals surface area contributed by atoms with E-state index >= 15 is 0 Å². The van der Waals surface area contributed by atoms with E-state index in [4.69, 9.17) is 0 Å². The molecule has 3 aliphatic rings. The number of nitrogens with one attached hydrogen (secondary N) is 1. The van der Waals surface area contributed by atoms with E-state index in [0.29, 0.717) is 17.2 Å². The van der Waals surface area contributed by atoms with Gasteiger partial charge in [-0.1, -0.05) is 6.42 Å². The van der Waals surface area contributed by atoms with Gasteiger partial charge in [-0.3, -0.25) is 9.69 Å². The lowest BCUT2D eigenvalue weighted by Crippen LogP contribution is -2.38. The van der Waals surface area contributed by atoms with Gasteiger partial charge >= 0.3 is 0 Å². The zero-order valence-electron chi connectivity index (χ0n) is 13.1. The second-order valence-corrected chi connectivity index (χ2v) is 8.32. The molecule has 2 heterocycles. The molecule has 5 heteroatoms. The van der Waals surface area contributed by atoms with Crippen LogP contribution in [0.15, 0.2) is 11.6 Å². The van der Waals surface area contributed by atoms with Gasteiger partial charge in [0.1, 0.15) is 5.01 Å². The molecule has 0 bridgehead atoms. The van der Waals surface area contributed by atoms with Gasteiger partial charge in [0, 0.05) is 24.0 Å². The molecule has 0 radical (unpaired) electrons. The maximum atomic E-state index is 11.9. The Morgan fingerprint density at radius 2 is 2.23 bits per heavy atom. The lowest BCUT2D eigenvalue weighted by molar-refractivity contribution is -0.127. The minimum absolute atomic E-state index is 0.314. The molecule has 1 atom stereocenters. The van der Waals surface area contributed by atoms with E-state index in [0.717, 1.165) is 31.8 Å². The van der Waals surface area contributed by atoms with Crippen molar-refractivity contribution >= 4 is 17.2 Å². The summed E-state index contributed by atoms with van der Waals surface area (Å²) < 4.78 is 0. The van der Waals surface area contributed by atoms with Gasteiger partial charge in [-0.25, -0.2) is 4.98 Å². The van der Waals surface area contributed by atoms with Crippen molar-refractivity contribution in [2.75, 3.05) is 19.6 Å². The molecule has 1 N–H and O–H groups in total. The third kappa shape index (κ3) is 2.93. The van der Waals surface area contributed by atoms with Crippen molar-refractivity contribution in [3.05, 3.63) is 16.6 Å². The summed E-state index contributed by atoms with van der Waals surface area (Å²) in [5.74, 6) is 1.38. The van der Waals surface area contributed by atoms with E-state index in [9.17, 15) is 4.79 Å². The van der Waals surface area contributed by atoms with E-state index in [1.165, 1.54) is 43.8 Å². The summed E-state index contributed by atoms with van der Waals surface area (Å²) in [5, 5.41) is 6.50. The van der Waals surface area contributed by atoms with Crippen LogP contribution in [0.5, 0.6) is 0 Å². The molecular formula is C17H25N3OS. The molecule has 4 rings (SSSR count). The van der Waals surface area contributed by atoms with Crippen LogP contribution in [0.25, 0.3) is 0 Å². The molecule has 3 fully saturated rings. The number of nitrogens with zero attached hydrogens (tertiary/aromatic N) is 2. The topological polar surface area (TPSA) is 45.2 Å². The molecule has 120 valence electrons. The number of hydrogen-bond acceptors (Lipinski definition) is 4. The number of hydrogen-bond donors (Lipinski definition) is 1. The van der Waals surface area contributed by atoms with Gasteiger partial charge in [0.25, 0.3) is 0 Å². The van der Waals surface area contributed by atoms with Gasteiger partial charge in [-0.15, -0.1) is 11.3 Å². The fraction of sp³-hybridized carbons (Fsp3) is 0.765. The normalized spacial score (nSPS) is 27.5. The number of carbonyl (C=O) groups excluding carboxylic acids is 1. The van der Waals surface area contributed by atoms with Gasteiger partial charge in [-0.2, -0.15) is 0 Å². The van der Waals surface area contributed by atoms with Crippen molar-refractivity contribution in [2.24, 2.45) is 17.3 Å². The fourth-order valence-corrected chi connectivity index (χ4v) is 4.71. The Morgan fingerprint density at radius 3 is 2.86 bits per heavy atom. The highest BCUT2D eigenvalue weighted by Crippen LogP contribution is 2.59. The molecule has 1 saturated heterocycles. The van der Waals surface area contributed by atoms with Crippen molar-refractivity contribution < 1.29 is 4.79 Å². The smallest absolute Gasteiger partial charge is 0.223 e. The average Bonchev–Trinajstić information content (AvgIpc) is 2.88. The van der Waals surface area contributed by atoms with Crippen LogP contribution in [-0.4, -0.2) is 35.4 Å². The Labute approximate surface area is 136 Å². The van der Waals surface area contributed by atoms with Crippen LogP contribution in [0.3, 0.4) is 0 Å². The zero-order valence-corrected chi connectivity index (χ0v) is 13.9. The molecule has 2 aliphatic carbocycles. The van der Waals surface area contributed by atoms with Crippen LogP contribution in [0, 0.1) is 17.3 Å². The highest BCUT2D eigenvalue weighted by Gasteiger charge is 2.54. The van der Waals surface area contributed by atoms with E-state index in [1.54, 1.807) is 11.3 Å². The number of piperidine rings is 1. The largest absolute Gasteiger partial charge is 0.356 e. The Kier molecular flexibility index (Phi) is 3.95. The molecule has 4 nitrogen and oxygen atoms in total.